The van der Waals surface area contributed by atoms with Gasteiger partial charge in [-0.1, -0.05) is 0 Å². The molecule has 1 aliphatic heterocycles. The maximum atomic E-state index is 13.4. The number of rotatable bonds is 14. The first-order valence-electron chi connectivity index (χ1n) is 8.95. The predicted molar refractivity (Wildman–Crippen MR) is 75.9 cm³/mol. The number of cyclic esters (lactones) is 2. The second-order valence-electron chi connectivity index (χ2n) is 6.99. The topological polar surface area (TPSA) is 72.5 Å². The largest absolute Gasteiger partial charge is 0.508 e. The molecule has 0 spiro atoms. The molecule has 1 fully saturated rings. The highest BCUT2D eigenvalue weighted by Crippen LogP contribution is 2.56. The Morgan fingerprint density at radius 2 is 1.00 bits per heavy atom. The molecular formula is C14H7F19O7. The van der Waals surface area contributed by atoms with Gasteiger partial charge in [-0.2, -0.15) is 83.4 Å². The van der Waals surface area contributed by atoms with Crippen molar-refractivity contribution in [3.63, 3.8) is 0 Å². The van der Waals surface area contributed by atoms with E-state index in [2.05, 4.69) is 18.9 Å². The third kappa shape index (κ3) is 7.34. The van der Waals surface area contributed by atoms with Crippen LogP contribution in [0.2, 0.25) is 0 Å². The number of hydrogen-bond acceptors (Lipinski definition) is 7. The fraction of sp³-hybridized carbons (Fsp3) is 0.929. The van der Waals surface area contributed by atoms with Gasteiger partial charge in [-0.05, 0) is 0 Å². The quantitative estimate of drug-likeness (QED) is 0.170. The summed E-state index contributed by atoms with van der Waals surface area (Å²) in [5.41, 5.74) is 0. The van der Waals surface area contributed by atoms with E-state index >= 15 is 0 Å². The maximum Gasteiger partial charge on any atom is 0.508 e. The zero-order valence-corrected chi connectivity index (χ0v) is 17.7. The minimum atomic E-state index is -8.20. The third-order valence-electron chi connectivity index (χ3n) is 3.81. The van der Waals surface area contributed by atoms with E-state index in [1.54, 1.807) is 0 Å². The van der Waals surface area contributed by atoms with Crippen molar-refractivity contribution in [1.29, 1.82) is 0 Å². The van der Waals surface area contributed by atoms with E-state index < -0.39 is 86.8 Å². The van der Waals surface area contributed by atoms with Gasteiger partial charge in [-0.3, -0.25) is 0 Å². The number of carbonyl (C=O) groups is 1. The summed E-state index contributed by atoms with van der Waals surface area (Å²) in [6.45, 7) is -4.29. The van der Waals surface area contributed by atoms with Crippen molar-refractivity contribution in [2.45, 2.75) is 60.8 Å². The van der Waals surface area contributed by atoms with Gasteiger partial charge in [0.05, 0.1) is 6.61 Å². The number of alkyl halides is 19. The van der Waals surface area contributed by atoms with Gasteiger partial charge in [0.15, 0.2) is 6.10 Å². The normalized spacial score (nSPS) is 19.1. The number of ether oxygens (including phenoxy) is 6. The van der Waals surface area contributed by atoms with Crippen LogP contribution in [0.5, 0.6) is 0 Å². The molecule has 26 heteroatoms. The van der Waals surface area contributed by atoms with Gasteiger partial charge in [-0.25, -0.2) is 19.0 Å². The van der Waals surface area contributed by atoms with Crippen molar-refractivity contribution in [3.8, 4) is 0 Å². The highest BCUT2D eigenvalue weighted by atomic mass is 19.4. The summed E-state index contributed by atoms with van der Waals surface area (Å²) in [5, 5.41) is 0. The van der Waals surface area contributed by atoms with Crippen molar-refractivity contribution in [2.24, 2.45) is 0 Å². The first kappa shape index (κ1) is 35.8. The lowest BCUT2D eigenvalue weighted by atomic mass is 10.1. The molecule has 0 aromatic rings. The highest BCUT2D eigenvalue weighted by molar-refractivity contribution is 5.61. The summed E-state index contributed by atoms with van der Waals surface area (Å²) >= 11 is 0. The number of halogens is 19. The summed E-state index contributed by atoms with van der Waals surface area (Å²) in [7, 11) is 0. The van der Waals surface area contributed by atoms with E-state index in [-0.39, 0.29) is 0 Å². The van der Waals surface area contributed by atoms with Crippen LogP contribution in [-0.2, 0) is 28.4 Å². The summed E-state index contributed by atoms with van der Waals surface area (Å²) < 4.78 is 263. The highest BCUT2D eigenvalue weighted by Gasteiger charge is 2.85. The fourth-order valence-corrected chi connectivity index (χ4v) is 1.96. The van der Waals surface area contributed by atoms with Crippen molar-refractivity contribution in [1.82, 2.24) is 0 Å². The van der Waals surface area contributed by atoms with Crippen LogP contribution in [0.3, 0.4) is 0 Å². The molecule has 1 aliphatic rings. The van der Waals surface area contributed by atoms with Gasteiger partial charge < -0.3 is 14.2 Å². The standard InChI is InChI=1S/C14H7F19O7/c15-6(16,3-35-1-4-2-36-5(34)37-4)38-11(26,27)12(28,29)40-14(32,33)13(30,31)39-10(24,25)8(19,20)7(17,18)9(21,22)23/h4H,1-3H2. The first-order valence-corrected chi connectivity index (χ1v) is 8.95. The van der Waals surface area contributed by atoms with Gasteiger partial charge >= 0.3 is 60.8 Å². The molecule has 1 saturated heterocycles. The van der Waals surface area contributed by atoms with Gasteiger partial charge in [0.2, 0.25) is 0 Å². The van der Waals surface area contributed by atoms with Crippen LogP contribution in [0.15, 0.2) is 0 Å². The molecule has 1 unspecified atom stereocenters. The number of hydrogen-bond donors (Lipinski definition) is 0. The Hall–Kier alpha value is -2.22. The molecule has 40 heavy (non-hydrogen) atoms. The van der Waals surface area contributed by atoms with Crippen molar-refractivity contribution < 1.29 is 117 Å². The van der Waals surface area contributed by atoms with Gasteiger partial charge in [0, 0.05) is 0 Å². The molecule has 1 heterocycles. The smallest absolute Gasteiger partial charge is 0.430 e. The Morgan fingerprint density at radius 1 is 0.600 bits per heavy atom. The van der Waals surface area contributed by atoms with Crippen LogP contribution in [0.1, 0.15) is 0 Å². The molecule has 0 bridgehead atoms. The maximum absolute atomic E-state index is 13.4. The van der Waals surface area contributed by atoms with Crippen molar-refractivity contribution >= 4 is 6.16 Å². The lowest BCUT2D eigenvalue weighted by Crippen LogP contribution is -2.65. The van der Waals surface area contributed by atoms with E-state index in [0.29, 0.717) is 0 Å². The number of carbonyl (C=O) groups excluding carboxylic acids is 1. The van der Waals surface area contributed by atoms with Crippen molar-refractivity contribution in [2.75, 3.05) is 19.8 Å². The monoisotopic (exact) mass is 648 g/mol. The molecule has 0 saturated carbocycles. The molecule has 0 amide bonds. The summed E-state index contributed by atoms with van der Waals surface area (Å²) in [6, 6.07) is 0. The van der Waals surface area contributed by atoms with Crippen LogP contribution in [0, 0.1) is 0 Å². The molecule has 0 radical (unpaired) electrons. The Labute approximate surface area is 204 Å². The second-order valence-corrected chi connectivity index (χ2v) is 6.99. The third-order valence-corrected chi connectivity index (χ3v) is 3.81. The molecule has 1 atom stereocenters. The molecule has 7 nitrogen and oxygen atoms in total. The minimum Gasteiger partial charge on any atom is -0.430 e. The van der Waals surface area contributed by atoms with Gasteiger partial charge in [0.25, 0.3) is 0 Å². The van der Waals surface area contributed by atoms with Gasteiger partial charge in [-0.15, -0.1) is 0 Å². The molecule has 238 valence electrons. The average Bonchev–Trinajstić information content (AvgIpc) is 3.08. The lowest BCUT2D eigenvalue weighted by Gasteiger charge is -2.37. The minimum absolute atomic E-state index is 0.655. The zero-order chi connectivity index (χ0) is 32.0. The van der Waals surface area contributed by atoms with Crippen LogP contribution in [-0.4, -0.2) is 86.8 Å². The van der Waals surface area contributed by atoms with Crippen LogP contribution < -0.4 is 0 Å². The Kier molecular flexibility index (Phi) is 9.45. The van der Waals surface area contributed by atoms with Crippen LogP contribution in [0.25, 0.3) is 0 Å². The summed E-state index contributed by atoms with van der Waals surface area (Å²) in [4.78, 5) is 10.6. The van der Waals surface area contributed by atoms with Gasteiger partial charge in [0.1, 0.15) is 13.2 Å². The SMILES string of the molecule is O=C1OCC(COCC(F)(F)OC(F)(F)C(F)(F)OC(F)(F)C(F)(F)OC(F)(F)C(F)(F)C(F)(F)C(F)(F)F)O1. The van der Waals surface area contributed by atoms with E-state index in [0.717, 1.165) is 0 Å². The summed E-state index contributed by atoms with van der Waals surface area (Å²) in [5.74, 6) is -16.2. The molecule has 0 aromatic carbocycles. The Morgan fingerprint density at radius 3 is 1.38 bits per heavy atom. The Bertz CT molecular complexity index is 902. The molecule has 0 N–H and O–H groups in total. The van der Waals surface area contributed by atoms with E-state index in [1.165, 1.54) is 9.47 Å². The summed E-state index contributed by atoms with van der Waals surface area (Å²) in [6.07, 6.45) is -54.6. The zero-order valence-electron chi connectivity index (χ0n) is 17.7. The predicted octanol–water partition coefficient (Wildman–Crippen LogP) is 5.98. The van der Waals surface area contributed by atoms with Crippen LogP contribution in [0.4, 0.5) is 88.2 Å². The Balaban J connectivity index is 3.05. The fourth-order valence-electron chi connectivity index (χ4n) is 1.96. The molecular weight excluding hydrogens is 641 g/mol. The average molecular weight is 648 g/mol. The van der Waals surface area contributed by atoms with Crippen molar-refractivity contribution in [3.05, 3.63) is 0 Å². The van der Waals surface area contributed by atoms with E-state index in [4.69, 9.17) is 0 Å². The van der Waals surface area contributed by atoms with E-state index in [9.17, 15) is 88.2 Å². The van der Waals surface area contributed by atoms with E-state index in [1.807, 2.05) is 0 Å². The molecule has 0 aromatic heterocycles. The van der Waals surface area contributed by atoms with Crippen LogP contribution >= 0.6 is 0 Å². The molecule has 0 aliphatic carbocycles. The first-order chi connectivity index (χ1) is 17.3. The molecule has 1 rings (SSSR count). The second kappa shape index (κ2) is 10.6. The lowest BCUT2D eigenvalue weighted by molar-refractivity contribution is -0.569.